The number of alkyl halides is 2. The van der Waals surface area contributed by atoms with E-state index in [1.165, 1.54) is 0 Å². The molecule has 2 saturated carbocycles. The van der Waals surface area contributed by atoms with Gasteiger partial charge in [-0.05, 0) is 29.7 Å². The number of nitrogens with one attached hydrogen (secondary N) is 1. The molecule has 6 atom stereocenters. The average Bonchev–Trinajstić information content (AvgIpc) is 3.39. The Kier molecular flexibility index (Phi) is 5.34. The van der Waals surface area contributed by atoms with Crippen LogP contribution in [-0.4, -0.2) is 52.5 Å². The minimum absolute atomic E-state index is 0.155. The predicted octanol–water partition coefficient (Wildman–Crippen LogP) is 2.79. The molecule has 1 heterocycles. The first-order valence-corrected chi connectivity index (χ1v) is 11.3. The molecule has 0 radical (unpaired) electrons. The number of esters is 1. The fourth-order valence-corrected chi connectivity index (χ4v) is 6.30. The summed E-state index contributed by atoms with van der Waals surface area (Å²) in [4.78, 5) is 51.1. The number of hydrogen-bond donors (Lipinski definition) is 1. The van der Waals surface area contributed by atoms with Crippen LogP contribution in [0, 0.1) is 23.7 Å². The highest BCUT2D eigenvalue weighted by Gasteiger charge is 2.66. The van der Waals surface area contributed by atoms with Crippen molar-refractivity contribution in [1.29, 1.82) is 0 Å². The third-order valence-electron chi connectivity index (χ3n) is 6.79. The number of anilines is 1. The summed E-state index contributed by atoms with van der Waals surface area (Å²) in [6.07, 6.45) is 0.655. The van der Waals surface area contributed by atoms with Gasteiger partial charge in [0.05, 0.1) is 22.6 Å². The van der Waals surface area contributed by atoms with Gasteiger partial charge < -0.3 is 10.1 Å². The molecule has 5 rings (SSSR count). The number of carbonyl (C=O) groups is 4. The maximum atomic E-state index is 12.8. The molecule has 0 aromatic heterocycles. The molecule has 32 heavy (non-hydrogen) atoms. The minimum atomic E-state index is -0.822. The molecule has 3 fully saturated rings. The number of hydrogen-bond acceptors (Lipinski definition) is 5. The molecule has 166 valence electrons. The van der Waals surface area contributed by atoms with Gasteiger partial charge in [-0.2, -0.15) is 0 Å². The van der Waals surface area contributed by atoms with E-state index in [2.05, 4.69) is 5.32 Å². The second-order valence-electron chi connectivity index (χ2n) is 8.50. The highest BCUT2D eigenvalue weighted by molar-refractivity contribution is 6.31. The van der Waals surface area contributed by atoms with Crippen LogP contribution in [0.2, 0.25) is 0 Å². The number of carbonyl (C=O) groups excluding carboxylic acids is 4. The van der Waals surface area contributed by atoms with Crippen molar-refractivity contribution < 1.29 is 23.9 Å². The molecule has 9 heteroatoms. The van der Waals surface area contributed by atoms with Gasteiger partial charge in [0.2, 0.25) is 11.8 Å². The van der Waals surface area contributed by atoms with Gasteiger partial charge in [0.15, 0.2) is 6.61 Å². The van der Waals surface area contributed by atoms with E-state index in [1.54, 1.807) is 6.07 Å². The summed E-state index contributed by atoms with van der Waals surface area (Å²) in [5.41, 5.74) is 0.601. The third-order valence-corrected chi connectivity index (χ3v) is 8.11. The Balaban J connectivity index is 1.18. The standard InChI is InChI=1S/C23H20Cl2N2O5/c24-20-13-8-14(21(20)25)19-18(13)22(30)27(23(19)31)9-17(29)32-10-16(28)26-15-7-3-5-11-4-1-2-6-12(11)15/h1-7,13-14,18-21H,8-10H2,(H,26,28)/t13-,14-,18-,19-,20-,21+/m1/s1. The van der Waals surface area contributed by atoms with Crippen LogP contribution in [0.25, 0.3) is 10.8 Å². The van der Waals surface area contributed by atoms with Crippen LogP contribution in [0.3, 0.4) is 0 Å². The van der Waals surface area contributed by atoms with Gasteiger partial charge in [-0.3, -0.25) is 24.1 Å². The maximum absolute atomic E-state index is 12.8. The smallest absolute Gasteiger partial charge is 0.326 e. The fraction of sp³-hybridized carbons (Fsp3) is 0.391. The van der Waals surface area contributed by atoms with Crippen LogP contribution in [0.5, 0.6) is 0 Å². The van der Waals surface area contributed by atoms with E-state index in [4.69, 9.17) is 27.9 Å². The third kappa shape index (κ3) is 3.35. The Labute approximate surface area is 194 Å². The minimum Gasteiger partial charge on any atom is -0.454 e. The molecule has 1 N–H and O–H groups in total. The molecule has 1 aliphatic heterocycles. The molecular formula is C23H20Cl2N2O5. The lowest BCUT2D eigenvalue weighted by atomic mass is 9.80. The normalized spacial score (nSPS) is 30.6. The zero-order valence-corrected chi connectivity index (χ0v) is 18.4. The quantitative estimate of drug-likeness (QED) is 0.408. The van der Waals surface area contributed by atoms with Crippen molar-refractivity contribution in [2.75, 3.05) is 18.5 Å². The zero-order valence-electron chi connectivity index (χ0n) is 16.9. The van der Waals surface area contributed by atoms with Crippen molar-refractivity contribution in [3.8, 4) is 0 Å². The lowest BCUT2D eigenvalue weighted by Crippen LogP contribution is -2.38. The van der Waals surface area contributed by atoms with Crippen LogP contribution in [0.1, 0.15) is 6.42 Å². The van der Waals surface area contributed by atoms with Gasteiger partial charge in [-0.1, -0.05) is 36.4 Å². The summed E-state index contributed by atoms with van der Waals surface area (Å²) in [6.45, 7) is -1.05. The number of rotatable bonds is 5. The van der Waals surface area contributed by atoms with Crippen molar-refractivity contribution in [2.24, 2.45) is 23.7 Å². The van der Waals surface area contributed by atoms with E-state index in [9.17, 15) is 19.2 Å². The van der Waals surface area contributed by atoms with Crippen molar-refractivity contribution in [3.05, 3.63) is 42.5 Å². The molecule has 3 aliphatic rings. The first-order valence-electron chi connectivity index (χ1n) is 10.4. The van der Waals surface area contributed by atoms with Crippen molar-refractivity contribution in [2.45, 2.75) is 17.2 Å². The van der Waals surface area contributed by atoms with Crippen molar-refractivity contribution in [3.63, 3.8) is 0 Å². The Bertz CT molecular complexity index is 1100. The Morgan fingerprint density at radius 3 is 2.28 bits per heavy atom. The predicted molar refractivity (Wildman–Crippen MR) is 118 cm³/mol. The summed E-state index contributed by atoms with van der Waals surface area (Å²) in [5.74, 6) is -3.50. The topological polar surface area (TPSA) is 92.8 Å². The highest BCUT2D eigenvalue weighted by atomic mass is 35.5. The largest absolute Gasteiger partial charge is 0.454 e. The molecule has 0 unspecified atom stereocenters. The Morgan fingerprint density at radius 1 is 0.969 bits per heavy atom. The van der Waals surface area contributed by atoms with Gasteiger partial charge in [-0.25, -0.2) is 0 Å². The number of imide groups is 1. The summed E-state index contributed by atoms with van der Waals surface area (Å²) in [5, 5.41) is 3.83. The van der Waals surface area contributed by atoms with E-state index < -0.39 is 48.7 Å². The van der Waals surface area contributed by atoms with Crippen LogP contribution in [-0.2, 0) is 23.9 Å². The number of nitrogens with zero attached hydrogens (tertiary/aromatic N) is 1. The second kappa shape index (κ2) is 8.05. The van der Waals surface area contributed by atoms with Crippen LogP contribution >= 0.6 is 23.2 Å². The monoisotopic (exact) mass is 474 g/mol. The first kappa shape index (κ1) is 21.2. The molecule has 3 amide bonds. The Hall–Kier alpha value is -2.64. The SMILES string of the molecule is O=C(COC(=O)CN1C(=O)[C@@H]2[C@H]3C[C@@H]([C@@H](Cl)[C@H]3Cl)[C@H]2C1=O)Nc1cccc2ccccc12. The fourth-order valence-electron chi connectivity index (χ4n) is 5.41. The average molecular weight is 475 g/mol. The van der Waals surface area contributed by atoms with Gasteiger partial charge in [0, 0.05) is 11.1 Å². The highest BCUT2D eigenvalue weighted by Crippen LogP contribution is 2.59. The maximum Gasteiger partial charge on any atom is 0.326 e. The number of likely N-dealkylation sites (tertiary alicyclic amines) is 1. The molecule has 7 nitrogen and oxygen atoms in total. The summed E-state index contributed by atoms with van der Waals surface area (Å²) in [6, 6.07) is 13.1. The molecule has 2 bridgehead atoms. The number of fused-ring (bicyclic) bond motifs is 6. The number of halogens is 2. The molecule has 2 aliphatic carbocycles. The lowest BCUT2D eigenvalue weighted by molar-refractivity contribution is -0.154. The van der Waals surface area contributed by atoms with Crippen molar-refractivity contribution in [1.82, 2.24) is 4.90 Å². The molecule has 0 spiro atoms. The molecular weight excluding hydrogens is 455 g/mol. The molecule has 1 saturated heterocycles. The van der Waals surface area contributed by atoms with E-state index >= 15 is 0 Å². The molecule has 2 aromatic rings. The number of amides is 3. The number of benzene rings is 2. The number of ether oxygens (including phenoxy) is 1. The van der Waals surface area contributed by atoms with E-state index in [-0.39, 0.29) is 22.6 Å². The second-order valence-corrected chi connectivity index (χ2v) is 9.51. The molecule has 2 aromatic carbocycles. The van der Waals surface area contributed by atoms with E-state index in [0.717, 1.165) is 15.7 Å². The van der Waals surface area contributed by atoms with E-state index in [0.29, 0.717) is 12.1 Å². The van der Waals surface area contributed by atoms with Gasteiger partial charge >= 0.3 is 5.97 Å². The summed E-state index contributed by atoms with van der Waals surface area (Å²) >= 11 is 12.7. The van der Waals surface area contributed by atoms with Crippen LogP contribution in [0.15, 0.2) is 42.5 Å². The summed E-state index contributed by atoms with van der Waals surface area (Å²) in [7, 11) is 0. The van der Waals surface area contributed by atoms with Gasteiger partial charge in [-0.15, -0.1) is 23.2 Å². The summed E-state index contributed by atoms with van der Waals surface area (Å²) < 4.78 is 5.03. The van der Waals surface area contributed by atoms with Gasteiger partial charge in [0.25, 0.3) is 5.91 Å². The van der Waals surface area contributed by atoms with Crippen LogP contribution < -0.4 is 5.32 Å². The zero-order chi connectivity index (χ0) is 22.6. The van der Waals surface area contributed by atoms with Gasteiger partial charge in [0.1, 0.15) is 6.54 Å². The Morgan fingerprint density at radius 2 is 1.59 bits per heavy atom. The van der Waals surface area contributed by atoms with Crippen molar-refractivity contribution >= 4 is 63.4 Å². The lowest BCUT2D eigenvalue weighted by Gasteiger charge is -2.28. The van der Waals surface area contributed by atoms with Crippen LogP contribution in [0.4, 0.5) is 5.69 Å². The van der Waals surface area contributed by atoms with E-state index in [1.807, 2.05) is 36.4 Å². The first-order chi connectivity index (χ1) is 15.4.